The van der Waals surface area contributed by atoms with Crippen LogP contribution < -0.4 is 0 Å². The normalized spacial score (nSPS) is 29.5. The van der Waals surface area contributed by atoms with Gasteiger partial charge in [0.1, 0.15) is 5.82 Å². The van der Waals surface area contributed by atoms with Crippen LogP contribution in [0.3, 0.4) is 0 Å². The summed E-state index contributed by atoms with van der Waals surface area (Å²) in [5.41, 5.74) is -1.51. The summed E-state index contributed by atoms with van der Waals surface area (Å²) in [6.07, 6.45) is -0.234. The molecule has 0 saturated carbocycles. The van der Waals surface area contributed by atoms with Gasteiger partial charge in [0.2, 0.25) is 5.72 Å². The van der Waals surface area contributed by atoms with Crippen LogP contribution in [0, 0.1) is 5.82 Å². The molecule has 130 valence electrons. The van der Waals surface area contributed by atoms with Crippen molar-refractivity contribution >= 4 is 18.1 Å². The molecule has 1 aromatic rings. The number of carboxylic acid groups (broad SMARTS) is 2. The number of aromatic nitrogens is 1. The molecule has 4 rings (SSSR count). The zero-order chi connectivity index (χ0) is 17.9. The number of nitrogens with zero attached hydrogens (tertiary/aromatic N) is 4. The van der Waals surface area contributed by atoms with Crippen LogP contribution in [0.5, 0.6) is 0 Å². The van der Waals surface area contributed by atoms with Gasteiger partial charge in [-0.3, -0.25) is 14.7 Å². The summed E-state index contributed by atoms with van der Waals surface area (Å²) in [7, 11) is 0. The Balaban J connectivity index is 1.74. The second-order valence-electron chi connectivity index (χ2n) is 5.67. The number of ether oxygens (including phenoxy) is 1. The summed E-state index contributed by atoms with van der Waals surface area (Å²) in [5, 5.41) is 20.4. The molecule has 3 atom stereocenters. The van der Waals surface area contributed by atoms with Crippen molar-refractivity contribution in [3.8, 4) is 0 Å². The molecule has 2 bridgehead atoms. The molecular formula is C14H11FN4O6. The van der Waals surface area contributed by atoms with Crippen molar-refractivity contribution in [2.75, 3.05) is 0 Å². The Morgan fingerprint density at radius 2 is 2.08 bits per heavy atom. The van der Waals surface area contributed by atoms with Crippen LogP contribution in [-0.2, 0) is 16.1 Å². The smallest absolute Gasteiger partial charge is 0.429 e. The van der Waals surface area contributed by atoms with E-state index in [-0.39, 0.29) is 12.2 Å². The van der Waals surface area contributed by atoms with Gasteiger partial charge in [-0.25, -0.2) is 19.0 Å². The van der Waals surface area contributed by atoms with E-state index in [0.29, 0.717) is 5.01 Å². The fourth-order valence-electron chi connectivity index (χ4n) is 3.38. The monoisotopic (exact) mass is 350 g/mol. The molecule has 10 nitrogen and oxygen atoms in total. The maximum Gasteiger partial charge on any atom is 0.429 e. The average molecular weight is 350 g/mol. The highest BCUT2D eigenvalue weighted by atomic mass is 19.1. The summed E-state index contributed by atoms with van der Waals surface area (Å²) in [4.78, 5) is 40.6. The van der Waals surface area contributed by atoms with Gasteiger partial charge in [-0.2, -0.15) is 5.01 Å². The van der Waals surface area contributed by atoms with E-state index in [1.165, 1.54) is 18.2 Å². The largest absolute Gasteiger partial charge is 0.465 e. The van der Waals surface area contributed by atoms with Gasteiger partial charge in [0.25, 0.3) is 5.91 Å². The first-order valence-electron chi connectivity index (χ1n) is 7.18. The molecule has 1 spiro atoms. The van der Waals surface area contributed by atoms with Crippen LogP contribution in [0.25, 0.3) is 0 Å². The number of halogens is 1. The number of carbonyl (C=O) groups excluding carboxylic acids is 1. The van der Waals surface area contributed by atoms with E-state index in [0.717, 1.165) is 22.2 Å². The molecule has 1 aromatic heterocycles. The van der Waals surface area contributed by atoms with Crippen molar-refractivity contribution in [1.82, 2.24) is 19.9 Å². The molecule has 0 radical (unpaired) electrons. The van der Waals surface area contributed by atoms with E-state index in [1.807, 2.05) is 0 Å². The first-order valence-corrected chi connectivity index (χ1v) is 7.18. The molecule has 11 heteroatoms. The maximum absolute atomic E-state index is 13.0. The van der Waals surface area contributed by atoms with Crippen molar-refractivity contribution in [1.29, 1.82) is 0 Å². The second-order valence-corrected chi connectivity index (χ2v) is 5.67. The molecule has 3 amide bonds. The maximum atomic E-state index is 13.0. The lowest BCUT2D eigenvalue weighted by atomic mass is 10.0. The quantitative estimate of drug-likeness (QED) is 0.741. The highest BCUT2D eigenvalue weighted by molar-refractivity contribution is 5.93. The van der Waals surface area contributed by atoms with E-state index in [9.17, 15) is 29.0 Å². The Hall–Kier alpha value is -3.21. The van der Waals surface area contributed by atoms with E-state index < -0.39 is 41.9 Å². The van der Waals surface area contributed by atoms with Crippen LogP contribution in [0.15, 0.2) is 30.5 Å². The molecule has 3 aliphatic heterocycles. The number of fused-ring (bicyclic) bond motifs is 1. The van der Waals surface area contributed by atoms with Gasteiger partial charge >= 0.3 is 12.2 Å². The zero-order valence-electron chi connectivity index (χ0n) is 12.4. The van der Waals surface area contributed by atoms with Crippen LogP contribution in [0.2, 0.25) is 0 Å². The lowest BCUT2D eigenvalue weighted by Gasteiger charge is -2.33. The van der Waals surface area contributed by atoms with Crippen molar-refractivity contribution in [3.05, 3.63) is 42.0 Å². The van der Waals surface area contributed by atoms with Crippen LogP contribution >= 0.6 is 0 Å². The molecule has 2 N–H and O–H groups in total. The number of hydrogen-bond acceptors (Lipinski definition) is 5. The summed E-state index contributed by atoms with van der Waals surface area (Å²) in [6.45, 7) is -0.279. The number of carbonyl (C=O) groups is 3. The van der Waals surface area contributed by atoms with Gasteiger partial charge in [0, 0.05) is 0 Å². The van der Waals surface area contributed by atoms with Crippen molar-refractivity contribution in [2.24, 2.45) is 0 Å². The molecule has 0 aromatic carbocycles. The van der Waals surface area contributed by atoms with E-state index in [1.54, 1.807) is 0 Å². The summed E-state index contributed by atoms with van der Waals surface area (Å²) >= 11 is 0. The molecule has 4 heterocycles. The minimum atomic E-state index is -1.74. The van der Waals surface area contributed by atoms with Crippen molar-refractivity contribution in [3.63, 3.8) is 0 Å². The van der Waals surface area contributed by atoms with Gasteiger partial charge in [-0.05, 0) is 24.3 Å². The minimum absolute atomic E-state index is 0.234. The number of rotatable bonds is 2. The van der Waals surface area contributed by atoms with Crippen molar-refractivity contribution < 1.29 is 33.7 Å². The Bertz CT molecular complexity index is 814. The molecule has 2 saturated heterocycles. The predicted octanol–water partition coefficient (Wildman–Crippen LogP) is 0.429. The highest BCUT2D eigenvalue weighted by Crippen LogP contribution is 2.48. The van der Waals surface area contributed by atoms with Crippen LogP contribution in [0.4, 0.5) is 14.0 Å². The van der Waals surface area contributed by atoms with Gasteiger partial charge in [0.05, 0.1) is 18.4 Å². The molecular weight excluding hydrogens is 339 g/mol. The third kappa shape index (κ3) is 1.92. The zero-order valence-corrected chi connectivity index (χ0v) is 12.4. The minimum Gasteiger partial charge on any atom is -0.465 e. The van der Waals surface area contributed by atoms with Gasteiger partial charge in [-0.15, -0.1) is 0 Å². The van der Waals surface area contributed by atoms with Gasteiger partial charge in [0.15, 0.2) is 12.3 Å². The average Bonchev–Trinajstić information content (AvgIpc) is 3.17. The van der Waals surface area contributed by atoms with Gasteiger partial charge in [-0.1, -0.05) is 0 Å². The van der Waals surface area contributed by atoms with Crippen LogP contribution in [-0.4, -0.2) is 66.2 Å². The number of hydrazine groups is 1. The summed E-state index contributed by atoms with van der Waals surface area (Å²) < 4.78 is 18.5. The second kappa shape index (κ2) is 4.89. The third-order valence-corrected chi connectivity index (χ3v) is 4.32. The van der Waals surface area contributed by atoms with Crippen LogP contribution in [0.1, 0.15) is 5.69 Å². The first-order chi connectivity index (χ1) is 11.8. The predicted molar refractivity (Wildman–Crippen MR) is 75.0 cm³/mol. The lowest BCUT2D eigenvalue weighted by molar-refractivity contribution is -0.157. The molecule has 25 heavy (non-hydrogen) atoms. The third-order valence-electron chi connectivity index (χ3n) is 4.32. The van der Waals surface area contributed by atoms with Crippen molar-refractivity contribution in [2.45, 2.75) is 24.5 Å². The fraction of sp³-hybridized carbons (Fsp3) is 0.286. The topological polar surface area (TPSA) is 124 Å². The highest BCUT2D eigenvalue weighted by Gasteiger charge is 2.71. The molecule has 2 fully saturated rings. The van der Waals surface area contributed by atoms with Gasteiger partial charge < -0.3 is 14.9 Å². The molecule has 3 aliphatic rings. The summed E-state index contributed by atoms with van der Waals surface area (Å²) in [6, 6.07) is 1.08. The Morgan fingerprint density at radius 3 is 2.68 bits per heavy atom. The van der Waals surface area contributed by atoms with E-state index in [2.05, 4.69) is 4.98 Å². The number of pyridine rings is 1. The fourth-order valence-corrected chi connectivity index (χ4v) is 3.38. The Morgan fingerprint density at radius 1 is 1.32 bits per heavy atom. The molecule has 3 unspecified atom stereocenters. The lowest BCUT2D eigenvalue weighted by Crippen LogP contribution is -2.55. The Labute approximate surface area is 139 Å². The molecule has 0 aliphatic carbocycles. The standard InChI is InChI=1S/C14H11FN4O6/c15-7-1-2-8(16-5-7)6-17-11(20)10-14(19(17)13(23)24)4-3-9(25-14)18(10)12(21)22/h1-5,9-10H,6H2,(H,21,22)(H,23,24). The van der Waals surface area contributed by atoms with E-state index in [4.69, 9.17) is 4.74 Å². The SMILES string of the molecule is O=C(O)N1C2C=CC3(O2)C1C(=O)N(Cc1ccc(F)cn1)N3C(=O)O. The van der Waals surface area contributed by atoms with E-state index >= 15 is 0 Å². The Kier molecular flexibility index (Phi) is 3.00. The number of amides is 3. The summed E-state index contributed by atoms with van der Waals surface area (Å²) in [5.74, 6) is -1.34. The first kappa shape index (κ1) is 15.3. The number of hydrogen-bond donors (Lipinski definition) is 2.